The van der Waals surface area contributed by atoms with E-state index in [2.05, 4.69) is 20.7 Å². The molecule has 0 aliphatic carbocycles. The molecular weight excluding hydrogens is 407 g/mol. The number of fused-ring (bicyclic) bond motifs is 1. The molecular formula is C22H18F3N5O. The van der Waals surface area contributed by atoms with Gasteiger partial charge in [0.1, 0.15) is 0 Å². The first-order valence-electron chi connectivity index (χ1n) is 9.50. The number of aryl methyl sites for hydroxylation is 1. The highest BCUT2D eigenvalue weighted by Gasteiger charge is 2.30. The highest BCUT2D eigenvalue weighted by molar-refractivity contribution is 6.00. The maximum absolute atomic E-state index is 12.8. The number of anilines is 2. The van der Waals surface area contributed by atoms with E-state index in [1.807, 2.05) is 23.7 Å². The Morgan fingerprint density at radius 1 is 1.00 bits per heavy atom. The van der Waals surface area contributed by atoms with Crippen molar-refractivity contribution in [2.45, 2.75) is 19.6 Å². The lowest BCUT2D eigenvalue weighted by Crippen LogP contribution is -2.19. The normalized spacial score (nSPS) is 11.5. The number of benzene rings is 2. The van der Waals surface area contributed by atoms with Crippen LogP contribution in [0.15, 0.2) is 67.1 Å². The molecule has 2 N–H and O–H groups in total. The van der Waals surface area contributed by atoms with Gasteiger partial charge < -0.3 is 10.6 Å². The Balaban J connectivity index is 1.48. The van der Waals surface area contributed by atoms with Gasteiger partial charge in [-0.2, -0.15) is 18.3 Å². The molecule has 0 saturated heterocycles. The van der Waals surface area contributed by atoms with E-state index in [0.29, 0.717) is 5.69 Å². The van der Waals surface area contributed by atoms with Crippen LogP contribution in [-0.2, 0) is 12.7 Å². The minimum absolute atomic E-state index is 0.0506. The standard InChI is InChI=1S/C22H18F3N5O/c1-2-30-20-13-26-11-18(19(20)12-27-30)14-6-8-16(9-7-14)28-21(31)29-17-5-3-4-15(10-17)22(23,24)25/h3-13H,2H2,1H3,(H2,28,29,31). The largest absolute Gasteiger partial charge is 0.416 e. The third-order valence-corrected chi connectivity index (χ3v) is 4.77. The number of alkyl halides is 3. The smallest absolute Gasteiger partial charge is 0.308 e. The Kier molecular flexibility index (Phi) is 5.33. The molecule has 31 heavy (non-hydrogen) atoms. The van der Waals surface area contributed by atoms with Crippen LogP contribution in [-0.4, -0.2) is 20.8 Å². The Morgan fingerprint density at radius 2 is 1.74 bits per heavy atom. The van der Waals surface area contributed by atoms with E-state index in [1.54, 1.807) is 30.7 Å². The van der Waals surface area contributed by atoms with Gasteiger partial charge >= 0.3 is 12.2 Å². The van der Waals surface area contributed by atoms with Crippen LogP contribution in [0.4, 0.5) is 29.3 Å². The van der Waals surface area contributed by atoms with Gasteiger partial charge in [-0.3, -0.25) is 9.67 Å². The summed E-state index contributed by atoms with van der Waals surface area (Å²) in [6, 6.07) is 10.9. The summed E-state index contributed by atoms with van der Waals surface area (Å²) < 4.78 is 40.3. The summed E-state index contributed by atoms with van der Waals surface area (Å²) in [4.78, 5) is 16.5. The fourth-order valence-corrected chi connectivity index (χ4v) is 3.27. The van der Waals surface area contributed by atoms with Gasteiger partial charge in [-0.1, -0.05) is 18.2 Å². The zero-order valence-electron chi connectivity index (χ0n) is 16.4. The topological polar surface area (TPSA) is 71.8 Å². The molecule has 4 aromatic rings. The second-order valence-electron chi connectivity index (χ2n) is 6.82. The molecule has 0 bridgehead atoms. The van der Waals surface area contributed by atoms with Gasteiger partial charge in [0.2, 0.25) is 0 Å². The Morgan fingerprint density at radius 3 is 2.45 bits per heavy atom. The number of rotatable bonds is 4. The molecule has 0 unspecified atom stereocenters. The first-order valence-corrected chi connectivity index (χ1v) is 9.50. The zero-order chi connectivity index (χ0) is 22.0. The zero-order valence-corrected chi connectivity index (χ0v) is 16.4. The highest BCUT2D eigenvalue weighted by atomic mass is 19.4. The second-order valence-corrected chi connectivity index (χ2v) is 6.82. The minimum atomic E-state index is -4.48. The monoisotopic (exact) mass is 425 g/mol. The molecule has 6 nitrogen and oxygen atoms in total. The first-order chi connectivity index (χ1) is 14.8. The summed E-state index contributed by atoms with van der Waals surface area (Å²) in [5.74, 6) is 0. The molecule has 0 radical (unpaired) electrons. The van der Waals surface area contributed by atoms with E-state index in [-0.39, 0.29) is 5.69 Å². The number of carbonyl (C=O) groups excluding carboxylic acids is 1. The molecule has 0 fully saturated rings. The van der Waals surface area contributed by atoms with E-state index in [1.165, 1.54) is 12.1 Å². The van der Waals surface area contributed by atoms with Crippen molar-refractivity contribution in [2.24, 2.45) is 0 Å². The molecule has 9 heteroatoms. The van der Waals surface area contributed by atoms with Crippen LogP contribution in [0.1, 0.15) is 12.5 Å². The van der Waals surface area contributed by atoms with Crippen LogP contribution >= 0.6 is 0 Å². The molecule has 0 aliphatic heterocycles. The third kappa shape index (κ3) is 4.35. The molecule has 0 atom stereocenters. The highest BCUT2D eigenvalue weighted by Crippen LogP contribution is 2.31. The number of carbonyl (C=O) groups is 1. The summed E-state index contributed by atoms with van der Waals surface area (Å²) >= 11 is 0. The van der Waals surface area contributed by atoms with Crippen molar-refractivity contribution in [1.29, 1.82) is 0 Å². The number of hydrogen-bond acceptors (Lipinski definition) is 3. The Hall–Kier alpha value is -3.88. The summed E-state index contributed by atoms with van der Waals surface area (Å²) in [7, 11) is 0. The first kappa shape index (κ1) is 20.4. The average Bonchev–Trinajstić information content (AvgIpc) is 3.17. The van der Waals surface area contributed by atoms with E-state index in [9.17, 15) is 18.0 Å². The van der Waals surface area contributed by atoms with Crippen molar-refractivity contribution < 1.29 is 18.0 Å². The van der Waals surface area contributed by atoms with Crippen molar-refractivity contribution in [1.82, 2.24) is 14.8 Å². The van der Waals surface area contributed by atoms with Crippen molar-refractivity contribution >= 4 is 28.3 Å². The van der Waals surface area contributed by atoms with Crippen molar-refractivity contribution in [3.63, 3.8) is 0 Å². The van der Waals surface area contributed by atoms with Gasteiger partial charge in [0.15, 0.2) is 0 Å². The molecule has 2 amide bonds. The third-order valence-electron chi connectivity index (χ3n) is 4.77. The van der Waals surface area contributed by atoms with Crippen molar-refractivity contribution in [3.05, 3.63) is 72.7 Å². The number of halogens is 3. The summed E-state index contributed by atoms with van der Waals surface area (Å²) in [6.45, 7) is 2.74. The minimum Gasteiger partial charge on any atom is -0.308 e. The number of hydrogen-bond donors (Lipinski definition) is 2. The molecule has 2 aromatic carbocycles. The molecule has 2 aromatic heterocycles. The van der Waals surface area contributed by atoms with Crippen molar-refractivity contribution in [2.75, 3.05) is 10.6 Å². The maximum Gasteiger partial charge on any atom is 0.416 e. The van der Waals surface area contributed by atoms with Gasteiger partial charge in [0.25, 0.3) is 0 Å². The maximum atomic E-state index is 12.8. The van der Waals surface area contributed by atoms with Crippen LogP contribution in [0, 0.1) is 0 Å². The van der Waals surface area contributed by atoms with Crippen LogP contribution in [0.25, 0.3) is 22.0 Å². The molecule has 0 saturated carbocycles. The van der Waals surface area contributed by atoms with E-state index in [0.717, 1.165) is 40.7 Å². The quantitative estimate of drug-likeness (QED) is 0.435. The number of nitrogens with zero attached hydrogens (tertiary/aromatic N) is 3. The van der Waals surface area contributed by atoms with E-state index >= 15 is 0 Å². The van der Waals surface area contributed by atoms with E-state index < -0.39 is 17.8 Å². The SMILES string of the molecule is CCn1ncc2c(-c3ccc(NC(=O)Nc4cccc(C(F)(F)F)c4)cc3)cncc21. The number of amides is 2. The van der Waals surface area contributed by atoms with Gasteiger partial charge in [0, 0.05) is 35.1 Å². The number of aromatic nitrogens is 3. The van der Waals surface area contributed by atoms with Crippen LogP contribution in [0.5, 0.6) is 0 Å². The lowest BCUT2D eigenvalue weighted by Gasteiger charge is -2.11. The number of nitrogens with one attached hydrogen (secondary N) is 2. The molecule has 0 aliphatic rings. The van der Waals surface area contributed by atoms with Crippen LogP contribution < -0.4 is 10.6 Å². The molecule has 4 rings (SSSR count). The predicted octanol–water partition coefficient (Wildman–Crippen LogP) is 5.78. The number of pyridine rings is 1. The lowest BCUT2D eigenvalue weighted by atomic mass is 10.0. The predicted molar refractivity (Wildman–Crippen MR) is 113 cm³/mol. The van der Waals surface area contributed by atoms with Gasteiger partial charge in [-0.25, -0.2) is 4.79 Å². The Labute approximate surface area is 175 Å². The fourth-order valence-electron chi connectivity index (χ4n) is 3.27. The van der Waals surface area contributed by atoms with Crippen molar-refractivity contribution in [3.8, 4) is 11.1 Å². The van der Waals surface area contributed by atoms with Gasteiger partial charge in [0.05, 0.1) is 23.5 Å². The molecule has 2 heterocycles. The summed E-state index contributed by atoms with van der Waals surface area (Å²) in [5.41, 5.74) is 2.47. The lowest BCUT2D eigenvalue weighted by molar-refractivity contribution is -0.137. The second kappa shape index (κ2) is 8.10. The molecule has 0 spiro atoms. The fraction of sp³-hybridized carbons (Fsp3) is 0.136. The van der Waals surface area contributed by atoms with Crippen LogP contribution in [0.2, 0.25) is 0 Å². The summed E-state index contributed by atoms with van der Waals surface area (Å²) in [6.07, 6.45) is 0.843. The van der Waals surface area contributed by atoms with E-state index in [4.69, 9.17) is 0 Å². The van der Waals surface area contributed by atoms with Gasteiger partial charge in [-0.15, -0.1) is 0 Å². The average molecular weight is 425 g/mol. The van der Waals surface area contributed by atoms with Gasteiger partial charge in [-0.05, 0) is 42.8 Å². The molecule has 158 valence electrons. The Bertz CT molecular complexity index is 1230. The van der Waals surface area contributed by atoms with Crippen LogP contribution in [0.3, 0.4) is 0 Å². The number of urea groups is 1. The summed E-state index contributed by atoms with van der Waals surface area (Å²) in [5, 5.41) is 10.4.